The molecule has 1 N–H and O–H groups in total. The standard InChI is InChI=1S/C15H24N6O/c1-5-7-20-9-13(11(3)19-20)15(22)18-12(4)14-16-10-17-21(14)8-6-2/h9-10,12H,5-8H2,1-4H3,(H,18,22)/t12-/m1/s1. The molecule has 1 amide bonds. The average molecular weight is 304 g/mol. The third-order valence-electron chi connectivity index (χ3n) is 3.46. The van der Waals surface area contributed by atoms with Crippen LogP contribution in [0, 0.1) is 6.92 Å². The second-order valence-electron chi connectivity index (χ2n) is 5.43. The molecule has 7 nitrogen and oxygen atoms in total. The Morgan fingerprint density at radius 1 is 1.32 bits per heavy atom. The first-order chi connectivity index (χ1) is 10.6. The summed E-state index contributed by atoms with van der Waals surface area (Å²) in [6.45, 7) is 9.54. The molecular weight excluding hydrogens is 280 g/mol. The highest BCUT2D eigenvalue weighted by atomic mass is 16.1. The Kier molecular flexibility index (Phi) is 5.30. The SMILES string of the molecule is CCCn1cc(C(=O)N[C@H](C)c2ncnn2CCC)c(C)n1. The van der Waals surface area contributed by atoms with Crippen LogP contribution in [0.15, 0.2) is 12.5 Å². The maximum atomic E-state index is 12.4. The molecule has 2 aromatic heterocycles. The lowest BCUT2D eigenvalue weighted by molar-refractivity contribution is 0.0936. The lowest BCUT2D eigenvalue weighted by atomic mass is 10.2. The smallest absolute Gasteiger partial charge is 0.255 e. The van der Waals surface area contributed by atoms with E-state index >= 15 is 0 Å². The summed E-state index contributed by atoms with van der Waals surface area (Å²) in [6.07, 6.45) is 5.29. The molecule has 0 aliphatic carbocycles. The summed E-state index contributed by atoms with van der Waals surface area (Å²) in [7, 11) is 0. The minimum absolute atomic E-state index is 0.126. The van der Waals surface area contributed by atoms with Gasteiger partial charge in [0.15, 0.2) is 0 Å². The van der Waals surface area contributed by atoms with Crippen LogP contribution >= 0.6 is 0 Å². The molecule has 2 heterocycles. The van der Waals surface area contributed by atoms with Crippen molar-refractivity contribution in [1.29, 1.82) is 0 Å². The zero-order valence-electron chi connectivity index (χ0n) is 13.7. The summed E-state index contributed by atoms with van der Waals surface area (Å²) >= 11 is 0. The van der Waals surface area contributed by atoms with Crippen LogP contribution in [0.1, 0.15) is 61.5 Å². The van der Waals surface area contributed by atoms with E-state index in [2.05, 4.69) is 34.3 Å². The van der Waals surface area contributed by atoms with Gasteiger partial charge in [0, 0.05) is 19.3 Å². The molecule has 0 bridgehead atoms. The van der Waals surface area contributed by atoms with Crippen molar-refractivity contribution < 1.29 is 4.79 Å². The van der Waals surface area contributed by atoms with Gasteiger partial charge < -0.3 is 5.32 Å². The minimum atomic E-state index is -0.199. The Morgan fingerprint density at radius 2 is 2.05 bits per heavy atom. The number of carbonyl (C=O) groups excluding carboxylic acids is 1. The molecule has 7 heteroatoms. The van der Waals surface area contributed by atoms with Crippen LogP contribution in [0.3, 0.4) is 0 Å². The Morgan fingerprint density at radius 3 is 2.73 bits per heavy atom. The fourth-order valence-electron chi connectivity index (χ4n) is 2.42. The van der Waals surface area contributed by atoms with E-state index in [4.69, 9.17) is 0 Å². The quantitative estimate of drug-likeness (QED) is 0.849. The van der Waals surface area contributed by atoms with E-state index in [-0.39, 0.29) is 11.9 Å². The van der Waals surface area contributed by atoms with Gasteiger partial charge in [0.05, 0.1) is 17.3 Å². The molecular formula is C15H24N6O. The molecule has 1 atom stereocenters. The van der Waals surface area contributed by atoms with Crippen LogP contribution in [-0.2, 0) is 13.1 Å². The summed E-state index contributed by atoms with van der Waals surface area (Å²) in [5, 5.41) is 11.5. The summed E-state index contributed by atoms with van der Waals surface area (Å²) in [4.78, 5) is 16.7. The first kappa shape index (κ1) is 16.2. The Balaban J connectivity index is 2.09. The molecule has 0 unspecified atom stereocenters. The number of nitrogens with one attached hydrogen (secondary N) is 1. The van der Waals surface area contributed by atoms with E-state index in [0.29, 0.717) is 5.56 Å². The Hall–Kier alpha value is -2.18. The summed E-state index contributed by atoms with van der Waals surface area (Å²) in [5.41, 5.74) is 1.36. The van der Waals surface area contributed by atoms with E-state index in [9.17, 15) is 4.79 Å². The Labute approximate surface area is 130 Å². The zero-order valence-corrected chi connectivity index (χ0v) is 13.7. The highest BCUT2D eigenvalue weighted by Gasteiger charge is 2.19. The van der Waals surface area contributed by atoms with Crippen molar-refractivity contribution in [2.75, 3.05) is 0 Å². The molecule has 0 fully saturated rings. The fraction of sp³-hybridized carbons (Fsp3) is 0.600. The third-order valence-corrected chi connectivity index (χ3v) is 3.46. The first-order valence-corrected chi connectivity index (χ1v) is 7.79. The van der Waals surface area contributed by atoms with Gasteiger partial charge in [0.25, 0.3) is 5.91 Å². The maximum absolute atomic E-state index is 12.4. The molecule has 0 saturated heterocycles. The van der Waals surface area contributed by atoms with Crippen LogP contribution in [0.2, 0.25) is 0 Å². The highest BCUT2D eigenvalue weighted by molar-refractivity contribution is 5.95. The third kappa shape index (κ3) is 3.52. The van der Waals surface area contributed by atoms with Gasteiger partial charge in [-0.3, -0.25) is 9.48 Å². The van der Waals surface area contributed by atoms with Crippen LogP contribution in [0.4, 0.5) is 0 Å². The molecule has 22 heavy (non-hydrogen) atoms. The normalized spacial score (nSPS) is 12.4. The van der Waals surface area contributed by atoms with Gasteiger partial charge in [0.1, 0.15) is 12.2 Å². The first-order valence-electron chi connectivity index (χ1n) is 7.79. The van der Waals surface area contributed by atoms with Gasteiger partial charge >= 0.3 is 0 Å². The molecule has 2 aromatic rings. The number of rotatable bonds is 7. The number of aryl methyl sites for hydroxylation is 3. The fourth-order valence-corrected chi connectivity index (χ4v) is 2.42. The predicted molar refractivity (Wildman–Crippen MR) is 83.4 cm³/mol. The van der Waals surface area contributed by atoms with Crippen LogP contribution in [0.5, 0.6) is 0 Å². The molecule has 0 spiro atoms. The number of hydrogen-bond donors (Lipinski definition) is 1. The second kappa shape index (κ2) is 7.20. The van der Waals surface area contributed by atoms with Gasteiger partial charge in [0.2, 0.25) is 0 Å². The molecule has 0 radical (unpaired) electrons. The van der Waals surface area contributed by atoms with Crippen molar-refractivity contribution in [3.05, 3.63) is 29.6 Å². The van der Waals surface area contributed by atoms with Crippen molar-refractivity contribution in [2.24, 2.45) is 0 Å². The number of aromatic nitrogens is 5. The van der Waals surface area contributed by atoms with Gasteiger partial charge in [-0.05, 0) is 26.7 Å². The van der Waals surface area contributed by atoms with Gasteiger partial charge in [-0.15, -0.1) is 0 Å². The molecule has 0 aromatic carbocycles. The van der Waals surface area contributed by atoms with Gasteiger partial charge in [-0.25, -0.2) is 9.67 Å². The van der Waals surface area contributed by atoms with Crippen molar-refractivity contribution in [2.45, 2.75) is 59.7 Å². The summed E-state index contributed by atoms with van der Waals surface area (Å²) < 4.78 is 3.65. The van der Waals surface area contributed by atoms with Gasteiger partial charge in [-0.1, -0.05) is 13.8 Å². The van der Waals surface area contributed by atoms with Crippen molar-refractivity contribution >= 4 is 5.91 Å². The lowest BCUT2D eigenvalue weighted by Gasteiger charge is -2.14. The molecule has 0 aliphatic heterocycles. The van der Waals surface area contributed by atoms with E-state index in [1.54, 1.807) is 6.20 Å². The van der Waals surface area contributed by atoms with E-state index in [1.807, 2.05) is 23.2 Å². The van der Waals surface area contributed by atoms with Crippen LogP contribution < -0.4 is 5.32 Å². The number of nitrogens with zero attached hydrogens (tertiary/aromatic N) is 5. The number of amides is 1. The second-order valence-corrected chi connectivity index (χ2v) is 5.43. The van der Waals surface area contributed by atoms with E-state index in [1.165, 1.54) is 6.33 Å². The van der Waals surface area contributed by atoms with Crippen molar-refractivity contribution in [1.82, 2.24) is 29.9 Å². The van der Waals surface area contributed by atoms with E-state index in [0.717, 1.165) is 37.4 Å². The van der Waals surface area contributed by atoms with Crippen LogP contribution in [-0.4, -0.2) is 30.5 Å². The largest absolute Gasteiger partial charge is 0.342 e. The zero-order chi connectivity index (χ0) is 16.1. The summed E-state index contributed by atoms with van der Waals surface area (Å²) in [6, 6.07) is -0.199. The molecule has 2 rings (SSSR count). The van der Waals surface area contributed by atoms with E-state index < -0.39 is 0 Å². The average Bonchev–Trinajstić information content (AvgIpc) is 3.06. The lowest BCUT2D eigenvalue weighted by Crippen LogP contribution is -2.29. The topological polar surface area (TPSA) is 77.6 Å². The molecule has 0 saturated carbocycles. The monoisotopic (exact) mass is 304 g/mol. The van der Waals surface area contributed by atoms with Crippen molar-refractivity contribution in [3.63, 3.8) is 0 Å². The van der Waals surface area contributed by atoms with Crippen LogP contribution in [0.25, 0.3) is 0 Å². The predicted octanol–water partition coefficient (Wildman–Crippen LogP) is 2.09. The highest BCUT2D eigenvalue weighted by Crippen LogP contribution is 2.12. The van der Waals surface area contributed by atoms with Crippen molar-refractivity contribution in [3.8, 4) is 0 Å². The van der Waals surface area contributed by atoms with Gasteiger partial charge in [-0.2, -0.15) is 10.2 Å². The Bertz CT molecular complexity index is 630. The maximum Gasteiger partial charge on any atom is 0.255 e. The molecule has 120 valence electrons. The minimum Gasteiger partial charge on any atom is -0.342 e. The number of hydrogen-bond acceptors (Lipinski definition) is 4. The molecule has 0 aliphatic rings. The number of carbonyl (C=O) groups is 1. The summed E-state index contributed by atoms with van der Waals surface area (Å²) in [5.74, 6) is 0.646.